The van der Waals surface area contributed by atoms with E-state index in [1.54, 1.807) is 16.7 Å². The molecule has 0 aromatic heterocycles. The van der Waals surface area contributed by atoms with Crippen molar-refractivity contribution in [1.82, 2.24) is 0 Å². The molecule has 2 unspecified atom stereocenters. The Morgan fingerprint density at radius 3 is 2.76 bits per heavy atom. The van der Waals surface area contributed by atoms with Gasteiger partial charge in [-0.15, -0.1) is 0 Å². The molecule has 1 saturated carbocycles. The predicted molar refractivity (Wildman–Crippen MR) is 91.9 cm³/mol. The second kappa shape index (κ2) is 5.48. The number of rotatable bonds is 3. The number of hydrogen-bond donors (Lipinski definition) is 0. The Morgan fingerprint density at radius 2 is 2.00 bits per heavy atom. The van der Waals surface area contributed by atoms with Crippen LogP contribution < -0.4 is 0 Å². The molecule has 2 aliphatic rings. The fourth-order valence-electron chi connectivity index (χ4n) is 3.83. The fraction of sp³-hybridized carbons (Fsp3) is 0.524. The number of hydrogen-bond acceptors (Lipinski definition) is 0. The van der Waals surface area contributed by atoms with Crippen LogP contribution in [0.15, 0.2) is 42.5 Å². The fourth-order valence-corrected chi connectivity index (χ4v) is 3.83. The molecule has 0 heteroatoms. The van der Waals surface area contributed by atoms with Gasteiger partial charge in [-0.3, -0.25) is 0 Å². The molecule has 3 rings (SSSR count). The van der Waals surface area contributed by atoms with Crippen LogP contribution >= 0.6 is 0 Å². The van der Waals surface area contributed by atoms with Gasteiger partial charge in [-0.25, -0.2) is 0 Å². The third-order valence-electron chi connectivity index (χ3n) is 5.47. The van der Waals surface area contributed by atoms with Crippen LogP contribution in [0.2, 0.25) is 0 Å². The van der Waals surface area contributed by atoms with Gasteiger partial charge in [-0.05, 0) is 66.0 Å². The van der Waals surface area contributed by atoms with Crippen LogP contribution in [-0.2, 0) is 5.41 Å². The van der Waals surface area contributed by atoms with Crippen LogP contribution in [0.3, 0.4) is 0 Å². The topological polar surface area (TPSA) is 0 Å². The summed E-state index contributed by atoms with van der Waals surface area (Å²) in [6.07, 6.45) is 12.8. The Bertz CT molecular complexity index is 574. The first kappa shape index (κ1) is 14.6. The minimum Gasteiger partial charge on any atom is -0.0877 e. The Balaban J connectivity index is 1.83. The number of fused-ring (bicyclic) bond motifs is 1. The highest BCUT2D eigenvalue weighted by molar-refractivity contribution is 5.43. The zero-order valence-electron chi connectivity index (χ0n) is 13.9. The molecule has 0 bridgehead atoms. The van der Waals surface area contributed by atoms with E-state index < -0.39 is 0 Å². The van der Waals surface area contributed by atoms with Gasteiger partial charge >= 0.3 is 0 Å². The summed E-state index contributed by atoms with van der Waals surface area (Å²) in [5, 5.41) is 0. The summed E-state index contributed by atoms with van der Waals surface area (Å²) in [7, 11) is 0. The first-order chi connectivity index (χ1) is 10.0. The molecule has 0 radical (unpaired) electrons. The molecule has 1 aromatic carbocycles. The van der Waals surface area contributed by atoms with Crippen molar-refractivity contribution in [2.24, 2.45) is 5.92 Å². The van der Waals surface area contributed by atoms with Gasteiger partial charge in [-0.2, -0.15) is 0 Å². The Morgan fingerprint density at radius 1 is 1.19 bits per heavy atom. The minimum absolute atomic E-state index is 0.356. The lowest BCUT2D eigenvalue weighted by Gasteiger charge is -2.36. The minimum atomic E-state index is 0.356. The van der Waals surface area contributed by atoms with Crippen molar-refractivity contribution in [3.8, 4) is 0 Å². The summed E-state index contributed by atoms with van der Waals surface area (Å²) in [5.74, 6) is 2.24. The van der Waals surface area contributed by atoms with Crippen LogP contribution in [0.4, 0.5) is 0 Å². The summed E-state index contributed by atoms with van der Waals surface area (Å²) in [6.45, 7) is 9.27. The number of benzene rings is 1. The highest BCUT2D eigenvalue weighted by Gasteiger charge is 2.37. The molecular formula is C21H28. The standard InChI is InChI=1S/C21H28/c1-5-6-7-8-16-14-19(16)17-9-10-20-18(13-17)15(2)11-12-21(20,3)4/h5-10,13,15-16,19H,11-12,14H2,1-4H3/b6-5+,8-7+/t15?,16-,19?/m1/s1. The van der Waals surface area contributed by atoms with Gasteiger partial charge in [0.25, 0.3) is 0 Å². The van der Waals surface area contributed by atoms with E-state index in [1.807, 2.05) is 0 Å². The van der Waals surface area contributed by atoms with Crippen molar-refractivity contribution in [2.45, 2.75) is 64.2 Å². The molecule has 0 spiro atoms. The van der Waals surface area contributed by atoms with Crippen molar-refractivity contribution in [2.75, 3.05) is 0 Å². The normalized spacial score (nSPS) is 30.8. The van der Waals surface area contributed by atoms with E-state index in [1.165, 1.54) is 19.3 Å². The van der Waals surface area contributed by atoms with Gasteiger partial charge < -0.3 is 0 Å². The average Bonchev–Trinajstić information content (AvgIpc) is 3.23. The summed E-state index contributed by atoms with van der Waals surface area (Å²) in [6, 6.07) is 7.34. The van der Waals surface area contributed by atoms with E-state index in [4.69, 9.17) is 0 Å². The predicted octanol–water partition coefficient (Wildman–Crippen LogP) is 6.10. The third-order valence-corrected chi connectivity index (χ3v) is 5.47. The molecule has 0 nitrogen and oxygen atoms in total. The Hall–Kier alpha value is -1.30. The lowest BCUT2D eigenvalue weighted by molar-refractivity contribution is 0.402. The van der Waals surface area contributed by atoms with E-state index in [-0.39, 0.29) is 0 Å². The maximum absolute atomic E-state index is 2.52. The lowest BCUT2D eigenvalue weighted by atomic mass is 9.69. The first-order valence-corrected chi connectivity index (χ1v) is 8.47. The average molecular weight is 280 g/mol. The lowest BCUT2D eigenvalue weighted by Crippen LogP contribution is -2.25. The highest BCUT2D eigenvalue weighted by atomic mass is 14.4. The molecule has 0 N–H and O–H groups in total. The molecule has 2 aliphatic carbocycles. The van der Waals surface area contributed by atoms with E-state index in [0.717, 1.165) is 17.8 Å². The summed E-state index contributed by atoms with van der Waals surface area (Å²) in [4.78, 5) is 0. The van der Waals surface area contributed by atoms with Gasteiger partial charge in [-0.1, -0.05) is 63.3 Å². The zero-order chi connectivity index (χ0) is 15.0. The van der Waals surface area contributed by atoms with Crippen molar-refractivity contribution in [3.05, 3.63) is 59.2 Å². The molecule has 0 heterocycles. The van der Waals surface area contributed by atoms with Crippen molar-refractivity contribution >= 4 is 0 Å². The van der Waals surface area contributed by atoms with Crippen LogP contribution in [0.25, 0.3) is 0 Å². The second-order valence-corrected chi connectivity index (χ2v) is 7.59. The maximum Gasteiger partial charge on any atom is -0.00928 e. The molecule has 1 fully saturated rings. The monoisotopic (exact) mass is 280 g/mol. The summed E-state index contributed by atoms with van der Waals surface area (Å²) >= 11 is 0. The third kappa shape index (κ3) is 2.86. The van der Waals surface area contributed by atoms with E-state index in [2.05, 4.69) is 70.2 Å². The Labute approximate surface area is 130 Å². The number of allylic oxidation sites excluding steroid dienone is 4. The second-order valence-electron chi connectivity index (χ2n) is 7.59. The first-order valence-electron chi connectivity index (χ1n) is 8.47. The molecule has 0 saturated heterocycles. The molecular weight excluding hydrogens is 252 g/mol. The smallest absolute Gasteiger partial charge is 0.00928 e. The zero-order valence-corrected chi connectivity index (χ0v) is 13.9. The molecule has 0 amide bonds. The van der Waals surface area contributed by atoms with E-state index in [0.29, 0.717) is 5.41 Å². The summed E-state index contributed by atoms with van der Waals surface area (Å²) in [5.41, 5.74) is 5.13. The van der Waals surface area contributed by atoms with Crippen LogP contribution in [-0.4, -0.2) is 0 Å². The van der Waals surface area contributed by atoms with Gasteiger partial charge in [0.2, 0.25) is 0 Å². The largest absolute Gasteiger partial charge is 0.0877 e. The summed E-state index contributed by atoms with van der Waals surface area (Å²) < 4.78 is 0. The molecule has 1 aromatic rings. The van der Waals surface area contributed by atoms with Crippen LogP contribution in [0, 0.1) is 5.92 Å². The van der Waals surface area contributed by atoms with E-state index >= 15 is 0 Å². The molecule has 21 heavy (non-hydrogen) atoms. The van der Waals surface area contributed by atoms with Gasteiger partial charge in [0.1, 0.15) is 0 Å². The Kier molecular flexibility index (Phi) is 3.82. The van der Waals surface area contributed by atoms with Crippen molar-refractivity contribution < 1.29 is 0 Å². The molecule has 0 aliphatic heterocycles. The van der Waals surface area contributed by atoms with Crippen molar-refractivity contribution in [1.29, 1.82) is 0 Å². The van der Waals surface area contributed by atoms with Crippen LogP contribution in [0.5, 0.6) is 0 Å². The maximum atomic E-state index is 2.52. The van der Waals surface area contributed by atoms with Gasteiger partial charge in [0, 0.05) is 0 Å². The van der Waals surface area contributed by atoms with Crippen LogP contribution in [0.1, 0.15) is 75.5 Å². The van der Waals surface area contributed by atoms with Gasteiger partial charge in [0.15, 0.2) is 0 Å². The van der Waals surface area contributed by atoms with Crippen molar-refractivity contribution in [3.63, 3.8) is 0 Å². The molecule has 3 atom stereocenters. The van der Waals surface area contributed by atoms with Gasteiger partial charge in [0.05, 0.1) is 0 Å². The quantitative estimate of drug-likeness (QED) is 0.587. The highest BCUT2D eigenvalue weighted by Crippen LogP contribution is 2.50. The molecule has 112 valence electrons. The SMILES string of the molecule is C/C=C/C=C/[C@@H]1CC1c1ccc2c(c1)C(C)CCC2(C)C. The van der Waals surface area contributed by atoms with E-state index in [9.17, 15) is 0 Å².